The van der Waals surface area contributed by atoms with Gasteiger partial charge < -0.3 is 15.8 Å². The van der Waals surface area contributed by atoms with E-state index in [0.717, 1.165) is 5.56 Å². The second-order valence-corrected chi connectivity index (χ2v) is 6.53. The van der Waals surface area contributed by atoms with Crippen molar-refractivity contribution in [1.29, 1.82) is 0 Å². The van der Waals surface area contributed by atoms with Crippen LogP contribution < -0.4 is 20.7 Å². The molecule has 0 radical (unpaired) electrons. The van der Waals surface area contributed by atoms with E-state index < -0.39 is 6.10 Å². The van der Waals surface area contributed by atoms with Crippen molar-refractivity contribution in [2.24, 2.45) is 5.92 Å². The number of nitrogens with zero attached hydrogens (tertiary/aromatic N) is 2. The fourth-order valence-corrected chi connectivity index (χ4v) is 2.75. The maximum Gasteiger partial charge on any atom is 0.270 e. The second kappa shape index (κ2) is 7.43. The van der Waals surface area contributed by atoms with Gasteiger partial charge in [-0.1, -0.05) is 44.2 Å². The lowest BCUT2D eigenvalue weighted by Crippen LogP contribution is -2.51. The first-order valence-electron chi connectivity index (χ1n) is 8.51. The molecular formula is C19H22N4O3. The van der Waals surface area contributed by atoms with Crippen molar-refractivity contribution in [3.8, 4) is 5.75 Å². The summed E-state index contributed by atoms with van der Waals surface area (Å²) >= 11 is 0. The average molecular weight is 354 g/mol. The molecule has 1 aliphatic rings. The second-order valence-electron chi connectivity index (χ2n) is 6.53. The van der Waals surface area contributed by atoms with E-state index in [9.17, 15) is 9.59 Å². The highest BCUT2D eigenvalue weighted by Crippen LogP contribution is 2.34. The first-order chi connectivity index (χ1) is 12.5. The maximum atomic E-state index is 12.8. The van der Waals surface area contributed by atoms with E-state index in [-0.39, 0.29) is 35.9 Å². The summed E-state index contributed by atoms with van der Waals surface area (Å²) < 4.78 is 5.76. The third-order valence-corrected chi connectivity index (χ3v) is 4.12. The number of nitrogens with one attached hydrogen (secondary N) is 1. The maximum absolute atomic E-state index is 12.8. The molecule has 1 atom stereocenters. The molecule has 1 aliphatic heterocycles. The van der Waals surface area contributed by atoms with E-state index in [2.05, 4.69) is 10.3 Å². The zero-order valence-electron chi connectivity index (χ0n) is 14.8. The van der Waals surface area contributed by atoms with Gasteiger partial charge in [0.05, 0.1) is 0 Å². The number of rotatable bonds is 5. The Balaban J connectivity index is 1.77. The molecule has 1 aromatic heterocycles. The Morgan fingerprint density at radius 3 is 2.69 bits per heavy atom. The predicted octanol–water partition coefficient (Wildman–Crippen LogP) is 1.73. The summed E-state index contributed by atoms with van der Waals surface area (Å²) in [5, 5.41) is 2.82. The van der Waals surface area contributed by atoms with Crippen molar-refractivity contribution < 1.29 is 14.3 Å². The van der Waals surface area contributed by atoms with Crippen LogP contribution in [0.15, 0.2) is 42.5 Å². The molecule has 0 aliphatic carbocycles. The minimum absolute atomic E-state index is 0.0388. The number of nitrogen functional groups attached to an aromatic ring is 1. The summed E-state index contributed by atoms with van der Waals surface area (Å²) in [6.45, 7) is 4.04. The van der Waals surface area contributed by atoms with Gasteiger partial charge >= 0.3 is 0 Å². The van der Waals surface area contributed by atoms with Gasteiger partial charge in [-0.3, -0.25) is 14.5 Å². The van der Waals surface area contributed by atoms with Crippen LogP contribution in [0.4, 0.5) is 11.6 Å². The lowest BCUT2D eigenvalue weighted by Gasteiger charge is -2.34. The largest absolute Gasteiger partial charge is 0.476 e. The predicted molar refractivity (Wildman–Crippen MR) is 98.5 cm³/mol. The number of hydrogen-bond acceptors (Lipinski definition) is 5. The normalized spacial score (nSPS) is 16.2. The van der Waals surface area contributed by atoms with E-state index in [4.69, 9.17) is 10.5 Å². The Bertz CT molecular complexity index is 808. The summed E-state index contributed by atoms with van der Waals surface area (Å²) in [6, 6.07) is 12.9. The van der Waals surface area contributed by atoms with Crippen molar-refractivity contribution in [1.82, 2.24) is 10.3 Å². The number of ether oxygens (including phenoxy) is 1. The fraction of sp³-hybridized carbons (Fsp3) is 0.316. The highest BCUT2D eigenvalue weighted by molar-refractivity contribution is 6.03. The van der Waals surface area contributed by atoms with Crippen molar-refractivity contribution in [3.05, 3.63) is 48.0 Å². The molecule has 26 heavy (non-hydrogen) atoms. The Hall–Kier alpha value is -3.09. The van der Waals surface area contributed by atoms with Crippen LogP contribution in [0.5, 0.6) is 5.75 Å². The Kier molecular flexibility index (Phi) is 5.06. The third kappa shape index (κ3) is 3.77. The number of carbonyl (C=O) groups excluding carboxylic acids is 2. The number of hydrogen-bond donors (Lipinski definition) is 2. The van der Waals surface area contributed by atoms with E-state index in [0.29, 0.717) is 12.3 Å². The topological polar surface area (TPSA) is 97.6 Å². The lowest BCUT2D eigenvalue weighted by molar-refractivity contribution is -0.130. The third-order valence-electron chi connectivity index (χ3n) is 4.12. The molecule has 0 bridgehead atoms. The quantitative estimate of drug-likeness (QED) is 0.852. The number of fused-ring (bicyclic) bond motifs is 1. The minimum atomic E-state index is -0.658. The summed E-state index contributed by atoms with van der Waals surface area (Å²) in [5.41, 5.74) is 6.73. The molecule has 3 rings (SSSR count). The van der Waals surface area contributed by atoms with Crippen LogP contribution in [-0.4, -0.2) is 29.4 Å². The molecule has 0 saturated carbocycles. The minimum Gasteiger partial charge on any atom is -0.476 e. The number of benzene rings is 1. The Morgan fingerprint density at radius 2 is 2.00 bits per heavy atom. The highest BCUT2D eigenvalue weighted by Gasteiger charge is 2.38. The molecule has 3 N–H and O–H groups in total. The Morgan fingerprint density at radius 1 is 1.27 bits per heavy atom. The van der Waals surface area contributed by atoms with E-state index >= 15 is 0 Å². The van der Waals surface area contributed by atoms with Crippen LogP contribution in [0.3, 0.4) is 0 Å². The van der Waals surface area contributed by atoms with Gasteiger partial charge in [0.15, 0.2) is 17.7 Å². The van der Waals surface area contributed by atoms with Crippen LogP contribution in [0.1, 0.15) is 19.4 Å². The molecule has 0 saturated heterocycles. The molecule has 7 nitrogen and oxygen atoms in total. The van der Waals surface area contributed by atoms with Gasteiger partial charge in [-0.05, 0) is 23.6 Å². The molecule has 2 amide bonds. The smallest absolute Gasteiger partial charge is 0.270 e. The number of pyridine rings is 1. The van der Waals surface area contributed by atoms with Gasteiger partial charge in [-0.25, -0.2) is 4.98 Å². The molecule has 0 spiro atoms. The molecule has 1 aromatic carbocycles. The number of anilines is 2. The number of carbonyl (C=O) groups is 2. The van der Waals surface area contributed by atoms with Crippen LogP contribution in [0.25, 0.3) is 0 Å². The van der Waals surface area contributed by atoms with Gasteiger partial charge in [0.1, 0.15) is 12.4 Å². The fourth-order valence-electron chi connectivity index (χ4n) is 2.75. The van der Waals surface area contributed by atoms with E-state index in [1.807, 2.05) is 44.2 Å². The average Bonchev–Trinajstić information content (AvgIpc) is 2.63. The first-order valence-corrected chi connectivity index (χ1v) is 8.51. The molecule has 7 heteroatoms. The molecular weight excluding hydrogens is 332 g/mol. The first kappa shape index (κ1) is 17.7. The number of aromatic nitrogens is 1. The zero-order chi connectivity index (χ0) is 18.7. The standard InChI is InChI=1S/C19H22N4O3/c1-12(2)17-19(25)23(18-14(26-17)8-9-15(20)22-18)11-16(24)21-10-13-6-4-3-5-7-13/h3-9,12,17H,10-11H2,1-2H3,(H2,20,22)(H,21,24). The van der Waals surface area contributed by atoms with Crippen LogP contribution >= 0.6 is 0 Å². The lowest BCUT2D eigenvalue weighted by atomic mass is 10.0. The Labute approximate surface area is 152 Å². The van der Waals surface area contributed by atoms with E-state index in [1.54, 1.807) is 12.1 Å². The van der Waals surface area contributed by atoms with Crippen molar-refractivity contribution >= 4 is 23.5 Å². The van der Waals surface area contributed by atoms with Gasteiger partial charge in [0.2, 0.25) is 5.91 Å². The van der Waals surface area contributed by atoms with Crippen LogP contribution in [0.2, 0.25) is 0 Å². The summed E-state index contributed by atoms with van der Waals surface area (Å²) in [6.07, 6.45) is -0.658. The van der Waals surface area contributed by atoms with Crippen LogP contribution in [-0.2, 0) is 16.1 Å². The highest BCUT2D eigenvalue weighted by atomic mass is 16.5. The van der Waals surface area contributed by atoms with Crippen molar-refractivity contribution in [2.45, 2.75) is 26.5 Å². The van der Waals surface area contributed by atoms with E-state index in [1.165, 1.54) is 4.90 Å². The van der Waals surface area contributed by atoms with Crippen molar-refractivity contribution in [2.75, 3.05) is 17.2 Å². The summed E-state index contributed by atoms with van der Waals surface area (Å²) in [7, 11) is 0. The summed E-state index contributed by atoms with van der Waals surface area (Å²) in [4.78, 5) is 30.7. The number of amides is 2. The van der Waals surface area contributed by atoms with Crippen LogP contribution in [0, 0.1) is 5.92 Å². The molecule has 136 valence electrons. The van der Waals surface area contributed by atoms with Gasteiger partial charge in [-0.2, -0.15) is 0 Å². The summed E-state index contributed by atoms with van der Waals surface area (Å²) in [5.74, 6) is 0.387. The zero-order valence-corrected chi connectivity index (χ0v) is 14.8. The van der Waals surface area contributed by atoms with Gasteiger partial charge in [-0.15, -0.1) is 0 Å². The van der Waals surface area contributed by atoms with Crippen molar-refractivity contribution in [3.63, 3.8) is 0 Å². The van der Waals surface area contributed by atoms with Gasteiger partial charge in [0, 0.05) is 6.54 Å². The molecule has 2 heterocycles. The molecule has 1 unspecified atom stereocenters. The van der Waals surface area contributed by atoms with Gasteiger partial charge in [0.25, 0.3) is 5.91 Å². The molecule has 0 fully saturated rings. The molecule has 2 aromatic rings. The monoisotopic (exact) mass is 354 g/mol. The SMILES string of the molecule is CC(C)C1Oc2ccc(N)nc2N(CC(=O)NCc2ccccc2)C1=O. The number of nitrogens with two attached hydrogens (primary N) is 1.